The molecule has 1 fully saturated rings. The van der Waals surface area contributed by atoms with Gasteiger partial charge >= 0.3 is 11.9 Å². The van der Waals surface area contributed by atoms with Crippen LogP contribution in [0.5, 0.6) is 0 Å². The minimum Gasteiger partial charge on any atom is -0.478 e. The van der Waals surface area contributed by atoms with Gasteiger partial charge in [0.25, 0.3) is 0 Å². The number of carbonyl (C=O) groups excluding carboxylic acids is 1. The average Bonchev–Trinajstić information content (AvgIpc) is 2.58. The third kappa shape index (κ3) is 4.33. The Morgan fingerprint density at radius 3 is 2.50 bits per heavy atom. The predicted octanol–water partition coefficient (Wildman–Crippen LogP) is 3.56. The quantitative estimate of drug-likeness (QED) is 0.581. The highest BCUT2D eigenvalue weighted by molar-refractivity contribution is 5.89. The Kier molecular flexibility index (Phi) is 6.59. The third-order valence-corrected chi connectivity index (χ3v) is 5.41. The van der Waals surface area contributed by atoms with Crippen LogP contribution in [0.4, 0.5) is 0 Å². The lowest BCUT2D eigenvalue weighted by Gasteiger charge is -2.37. The molecule has 2 N–H and O–H groups in total. The van der Waals surface area contributed by atoms with E-state index in [9.17, 15) is 19.8 Å². The van der Waals surface area contributed by atoms with Crippen molar-refractivity contribution in [2.75, 3.05) is 7.11 Å². The van der Waals surface area contributed by atoms with Crippen molar-refractivity contribution >= 4 is 11.9 Å². The lowest BCUT2D eigenvalue weighted by molar-refractivity contribution is -0.136. The number of carboxylic acid groups (broad SMARTS) is 1. The summed E-state index contributed by atoms with van der Waals surface area (Å²) >= 11 is 0. The van der Waals surface area contributed by atoms with Gasteiger partial charge in [-0.05, 0) is 51.9 Å². The summed E-state index contributed by atoms with van der Waals surface area (Å²) in [5.74, 6) is -1.69. The van der Waals surface area contributed by atoms with Crippen molar-refractivity contribution in [3.8, 4) is 0 Å². The van der Waals surface area contributed by atoms with E-state index in [1.54, 1.807) is 0 Å². The molecule has 3 atom stereocenters. The van der Waals surface area contributed by atoms with Crippen molar-refractivity contribution in [2.45, 2.75) is 52.1 Å². The topological polar surface area (TPSA) is 83.8 Å². The largest absolute Gasteiger partial charge is 0.478 e. The molecule has 0 heterocycles. The van der Waals surface area contributed by atoms with Crippen LogP contribution in [0.25, 0.3) is 0 Å². The number of rotatable bonds is 2. The molecular weight excluding hydrogens is 332 g/mol. The second-order valence-electron chi connectivity index (χ2n) is 7.25. The molecule has 2 aliphatic rings. The number of hydrogen-bond donors (Lipinski definition) is 2. The average molecular weight is 360 g/mol. The van der Waals surface area contributed by atoms with Crippen LogP contribution >= 0.6 is 0 Å². The lowest BCUT2D eigenvalue weighted by atomic mass is 9.68. The number of carbonyl (C=O) groups is 2. The van der Waals surface area contributed by atoms with Gasteiger partial charge in [-0.3, -0.25) is 0 Å². The van der Waals surface area contributed by atoms with Gasteiger partial charge in [-0.25, -0.2) is 9.59 Å². The van der Waals surface area contributed by atoms with Crippen molar-refractivity contribution in [3.05, 3.63) is 46.6 Å². The Balaban J connectivity index is 2.56. The summed E-state index contributed by atoms with van der Waals surface area (Å²) in [6.45, 7) is 8.26. The molecule has 1 saturated carbocycles. The number of esters is 1. The van der Waals surface area contributed by atoms with Gasteiger partial charge in [-0.1, -0.05) is 35.5 Å². The van der Waals surface area contributed by atoms with Crippen molar-refractivity contribution < 1.29 is 24.5 Å². The van der Waals surface area contributed by atoms with Gasteiger partial charge in [0.05, 0.1) is 18.8 Å². The van der Waals surface area contributed by atoms with Gasteiger partial charge in [-0.15, -0.1) is 0 Å². The van der Waals surface area contributed by atoms with Crippen molar-refractivity contribution in [3.63, 3.8) is 0 Å². The van der Waals surface area contributed by atoms with Gasteiger partial charge in [-0.2, -0.15) is 0 Å². The Morgan fingerprint density at radius 2 is 1.92 bits per heavy atom. The maximum Gasteiger partial charge on any atom is 0.333 e. The maximum atomic E-state index is 12.2. The monoisotopic (exact) mass is 360 g/mol. The first-order chi connectivity index (χ1) is 12.3. The van der Waals surface area contributed by atoms with Crippen LogP contribution in [0.1, 0.15) is 46.0 Å². The number of allylic oxidation sites excluding steroid dienone is 5. The van der Waals surface area contributed by atoms with E-state index in [0.717, 1.165) is 18.4 Å². The van der Waals surface area contributed by atoms with Crippen LogP contribution in [0, 0.1) is 11.8 Å². The summed E-state index contributed by atoms with van der Waals surface area (Å²) in [4.78, 5) is 23.8. The molecule has 0 aromatic carbocycles. The van der Waals surface area contributed by atoms with Crippen molar-refractivity contribution in [2.24, 2.45) is 11.8 Å². The Bertz CT molecular complexity index is 691. The normalized spacial score (nSPS) is 29.0. The molecule has 5 nitrogen and oxygen atoms in total. The molecule has 2 aliphatic carbocycles. The van der Waals surface area contributed by atoms with Crippen LogP contribution in [0.3, 0.4) is 0 Å². The van der Waals surface area contributed by atoms with E-state index < -0.39 is 12.1 Å². The Morgan fingerprint density at radius 1 is 1.23 bits per heavy atom. The highest BCUT2D eigenvalue weighted by Crippen LogP contribution is 2.43. The zero-order valence-electron chi connectivity index (χ0n) is 15.7. The zero-order chi connectivity index (χ0) is 19.4. The van der Waals surface area contributed by atoms with E-state index in [1.807, 2.05) is 19.9 Å². The van der Waals surface area contributed by atoms with Crippen LogP contribution < -0.4 is 0 Å². The SMILES string of the molecule is C=C1CCC(=C(C)C)[C@H]2/C=C(/C(=O)OC)CCC=C(C(=O)O)[C@H](O)C[C@H]12. The Hall–Kier alpha value is -2.14. The van der Waals surface area contributed by atoms with Crippen LogP contribution in [-0.4, -0.2) is 35.4 Å². The smallest absolute Gasteiger partial charge is 0.333 e. The molecular formula is C21H28O5. The molecule has 0 aromatic heterocycles. The summed E-state index contributed by atoms with van der Waals surface area (Å²) < 4.78 is 4.92. The molecule has 0 amide bonds. The molecule has 26 heavy (non-hydrogen) atoms. The first-order valence-electron chi connectivity index (χ1n) is 9.00. The second kappa shape index (κ2) is 8.49. The molecule has 0 bridgehead atoms. The molecule has 5 heteroatoms. The van der Waals surface area contributed by atoms with E-state index in [-0.39, 0.29) is 29.8 Å². The summed E-state index contributed by atoms with van der Waals surface area (Å²) in [5, 5.41) is 20.0. The third-order valence-electron chi connectivity index (χ3n) is 5.41. The summed E-state index contributed by atoms with van der Waals surface area (Å²) in [6, 6.07) is 0. The molecule has 2 rings (SSSR count). The predicted molar refractivity (Wildman–Crippen MR) is 99.4 cm³/mol. The highest BCUT2D eigenvalue weighted by Gasteiger charge is 2.35. The molecule has 0 radical (unpaired) electrons. The number of aliphatic hydroxyl groups is 1. The van der Waals surface area contributed by atoms with E-state index in [4.69, 9.17) is 4.74 Å². The number of fused-ring (bicyclic) bond motifs is 1. The van der Waals surface area contributed by atoms with Crippen LogP contribution in [0.2, 0.25) is 0 Å². The van der Waals surface area contributed by atoms with E-state index in [0.29, 0.717) is 18.4 Å². The lowest BCUT2D eigenvalue weighted by Crippen LogP contribution is -2.30. The molecule has 0 saturated heterocycles. The van der Waals surface area contributed by atoms with E-state index in [2.05, 4.69) is 6.58 Å². The van der Waals surface area contributed by atoms with Gasteiger partial charge < -0.3 is 14.9 Å². The van der Waals surface area contributed by atoms with Crippen molar-refractivity contribution in [1.29, 1.82) is 0 Å². The molecule has 142 valence electrons. The van der Waals surface area contributed by atoms with Crippen molar-refractivity contribution in [1.82, 2.24) is 0 Å². The van der Waals surface area contributed by atoms with Gasteiger partial charge in [0, 0.05) is 11.5 Å². The number of aliphatic hydroxyl groups excluding tert-OH is 1. The van der Waals surface area contributed by atoms with Crippen LogP contribution in [0.15, 0.2) is 46.6 Å². The molecule has 0 unspecified atom stereocenters. The minimum atomic E-state index is -1.12. The summed E-state index contributed by atoms with van der Waals surface area (Å²) in [5.41, 5.74) is 3.95. The number of carboxylic acids is 1. The Labute approximate surface area is 154 Å². The number of hydrogen-bond acceptors (Lipinski definition) is 4. The molecule has 0 aromatic rings. The second-order valence-corrected chi connectivity index (χ2v) is 7.25. The first kappa shape index (κ1) is 20.2. The first-order valence-corrected chi connectivity index (χ1v) is 9.00. The maximum absolute atomic E-state index is 12.2. The van der Waals surface area contributed by atoms with Gasteiger partial charge in [0.1, 0.15) is 0 Å². The minimum absolute atomic E-state index is 0.00742. The molecule has 0 aliphatic heterocycles. The van der Waals surface area contributed by atoms with E-state index in [1.165, 1.54) is 24.3 Å². The number of aliphatic carboxylic acids is 1. The van der Waals surface area contributed by atoms with Gasteiger partial charge in [0.2, 0.25) is 0 Å². The summed E-state index contributed by atoms with van der Waals surface area (Å²) in [6.07, 6.45) is 5.11. The van der Waals surface area contributed by atoms with Gasteiger partial charge in [0.15, 0.2) is 0 Å². The fourth-order valence-corrected chi connectivity index (χ4v) is 3.98. The number of methoxy groups -OCH3 is 1. The highest BCUT2D eigenvalue weighted by atomic mass is 16.5. The zero-order valence-corrected chi connectivity index (χ0v) is 15.7. The van der Waals surface area contributed by atoms with E-state index >= 15 is 0 Å². The summed E-state index contributed by atoms with van der Waals surface area (Å²) in [7, 11) is 1.35. The fraction of sp³-hybridized carbons (Fsp3) is 0.524. The number of ether oxygens (including phenoxy) is 1. The fourth-order valence-electron chi connectivity index (χ4n) is 3.98. The standard InChI is InChI=1S/C21H28O5/c1-12(2)15-9-8-13(3)17-11-19(22)16(20(23)24)7-5-6-14(10-18(15)17)21(25)26-4/h7,10,17-19,22H,3,5-6,8-9,11H2,1-2,4H3,(H,23,24)/b14-10+,16-7?/t17-,18-,19-/m1/s1. The molecule has 0 spiro atoms. The van der Waals surface area contributed by atoms with Crippen LogP contribution in [-0.2, 0) is 14.3 Å².